The van der Waals surface area contributed by atoms with E-state index in [4.69, 9.17) is 0 Å². The Hall–Kier alpha value is -1.42. The highest BCUT2D eigenvalue weighted by molar-refractivity contribution is 9.10. The van der Waals surface area contributed by atoms with Crippen LogP contribution in [0.2, 0.25) is 0 Å². The minimum absolute atomic E-state index is 0.0911. The molecule has 3 nitrogen and oxygen atoms in total. The molecule has 2 aliphatic carbocycles. The lowest BCUT2D eigenvalue weighted by atomic mass is 10.1. The Balaban J connectivity index is 1.58. The molecule has 22 heavy (non-hydrogen) atoms. The quantitative estimate of drug-likeness (QED) is 0.487. The van der Waals surface area contributed by atoms with Crippen molar-refractivity contribution in [3.63, 3.8) is 0 Å². The van der Waals surface area contributed by atoms with Crippen LogP contribution in [0.15, 0.2) is 46.0 Å². The van der Waals surface area contributed by atoms with Gasteiger partial charge in [0.25, 0.3) is 0 Å². The van der Waals surface area contributed by atoms with Gasteiger partial charge in [0.15, 0.2) is 0 Å². The summed E-state index contributed by atoms with van der Waals surface area (Å²) in [7, 11) is 0. The molecule has 1 unspecified atom stereocenters. The predicted molar refractivity (Wildman–Crippen MR) is 92.6 cm³/mol. The molecule has 116 valence electrons. The van der Waals surface area contributed by atoms with E-state index in [1.807, 2.05) is 31.2 Å². The Morgan fingerprint density at radius 3 is 2.32 bits per heavy atom. The van der Waals surface area contributed by atoms with Crippen molar-refractivity contribution in [3.8, 4) is 0 Å². The van der Waals surface area contributed by atoms with E-state index in [9.17, 15) is 4.79 Å². The number of hydrogen-bond acceptors (Lipinski definition) is 2. The van der Waals surface area contributed by atoms with Crippen LogP contribution >= 0.6 is 15.9 Å². The molecule has 1 aromatic carbocycles. The lowest BCUT2D eigenvalue weighted by Crippen LogP contribution is -2.22. The molecule has 0 aliphatic heterocycles. The van der Waals surface area contributed by atoms with Crippen LogP contribution in [0, 0.1) is 17.8 Å². The standard InChI is InChI=1S/C18H21BrN2O/c1-12(13-8-10-14(19)11-9-13)20-21-18(22)17-15-6-4-2-3-5-7-16(15)17/h2-3,8-11,15-17H,4-7H2,1H3,(H,21,22)/b3-2?,20-12+/t15-,16+,17?. The van der Waals surface area contributed by atoms with Gasteiger partial charge in [0.05, 0.1) is 5.71 Å². The maximum absolute atomic E-state index is 12.3. The van der Waals surface area contributed by atoms with Gasteiger partial charge in [-0.25, -0.2) is 5.43 Å². The van der Waals surface area contributed by atoms with E-state index in [0.717, 1.165) is 41.4 Å². The number of hydrogen-bond donors (Lipinski definition) is 1. The van der Waals surface area contributed by atoms with Crippen molar-refractivity contribution in [2.45, 2.75) is 32.6 Å². The van der Waals surface area contributed by atoms with Gasteiger partial charge in [-0.15, -0.1) is 0 Å². The van der Waals surface area contributed by atoms with Crippen LogP contribution in [0.4, 0.5) is 0 Å². The number of amides is 1. The zero-order valence-electron chi connectivity index (χ0n) is 12.8. The third-order valence-corrected chi connectivity index (χ3v) is 5.26. The van der Waals surface area contributed by atoms with Gasteiger partial charge < -0.3 is 0 Å². The van der Waals surface area contributed by atoms with E-state index < -0.39 is 0 Å². The Bertz CT molecular complexity index is 590. The predicted octanol–water partition coefficient (Wildman–Crippen LogP) is 4.28. The van der Waals surface area contributed by atoms with Crippen LogP contribution in [-0.4, -0.2) is 11.6 Å². The normalized spacial score (nSPS) is 27.5. The Kier molecular flexibility index (Phi) is 4.77. The van der Waals surface area contributed by atoms with Crippen molar-refractivity contribution in [1.82, 2.24) is 5.43 Å². The number of halogens is 1. The molecular formula is C18H21BrN2O. The number of carbonyl (C=O) groups is 1. The highest BCUT2D eigenvalue weighted by Crippen LogP contribution is 2.52. The van der Waals surface area contributed by atoms with Gasteiger partial charge in [0.1, 0.15) is 0 Å². The highest BCUT2D eigenvalue weighted by Gasteiger charge is 2.53. The van der Waals surface area contributed by atoms with E-state index in [0.29, 0.717) is 11.8 Å². The second kappa shape index (κ2) is 6.78. The van der Waals surface area contributed by atoms with E-state index in [-0.39, 0.29) is 11.8 Å². The summed E-state index contributed by atoms with van der Waals surface area (Å²) in [5.74, 6) is 1.39. The maximum atomic E-state index is 12.3. The van der Waals surface area contributed by atoms with E-state index >= 15 is 0 Å². The average Bonchev–Trinajstić information content (AvgIpc) is 3.16. The van der Waals surface area contributed by atoms with Gasteiger partial charge >= 0.3 is 0 Å². The van der Waals surface area contributed by atoms with Crippen LogP contribution in [0.1, 0.15) is 38.2 Å². The average molecular weight is 361 g/mol. The molecule has 0 bridgehead atoms. The van der Waals surface area contributed by atoms with Gasteiger partial charge in [0.2, 0.25) is 5.91 Å². The van der Waals surface area contributed by atoms with Crippen LogP contribution in [-0.2, 0) is 4.79 Å². The molecule has 1 saturated carbocycles. The summed E-state index contributed by atoms with van der Waals surface area (Å²) in [5, 5.41) is 4.28. The van der Waals surface area contributed by atoms with Gasteiger partial charge in [-0.3, -0.25) is 4.79 Å². The number of allylic oxidation sites excluding steroid dienone is 2. The molecular weight excluding hydrogens is 340 g/mol. The fraction of sp³-hybridized carbons (Fsp3) is 0.444. The molecule has 4 heteroatoms. The minimum atomic E-state index is 0.0911. The molecule has 1 aromatic rings. The molecule has 0 saturated heterocycles. The topological polar surface area (TPSA) is 41.5 Å². The second-order valence-corrected chi connectivity index (χ2v) is 7.08. The first-order valence-corrected chi connectivity index (χ1v) is 8.71. The summed E-state index contributed by atoms with van der Waals surface area (Å²) >= 11 is 3.42. The maximum Gasteiger partial charge on any atom is 0.243 e. The molecule has 1 amide bonds. The first-order valence-electron chi connectivity index (χ1n) is 7.92. The Labute approximate surface area is 140 Å². The van der Waals surface area contributed by atoms with Gasteiger partial charge in [0, 0.05) is 10.4 Å². The van der Waals surface area contributed by atoms with E-state index in [1.54, 1.807) is 0 Å². The monoisotopic (exact) mass is 360 g/mol. The van der Waals surface area contributed by atoms with Gasteiger partial charge in [-0.05, 0) is 62.1 Å². The molecule has 1 fully saturated rings. The highest BCUT2D eigenvalue weighted by atomic mass is 79.9. The summed E-state index contributed by atoms with van der Waals surface area (Å²) in [6.07, 6.45) is 8.97. The lowest BCUT2D eigenvalue weighted by molar-refractivity contribution is -0.122. The number of benzene rings is 1. The van der Waals surface area contributed by atoms with Crippen molar-refractivity contribution in [2.75, 3.05) is 0 Å². The number of nitrogens with one attached hydrogen (secondary N) is 1. The van der Waals surface area contributed by atoms with E-state index in [2.05, 4.69) is 38.6 Å². The fourth-order valence-corrected chi connectivity index (χ4v) is 3.67. The number of nitrogens with zero attached hydrogens (tertiary/aromatic N) is 1. The Morgan fingerprint density at radius 1 is 1.14 bits per heavy atom. The van der Waals surface area contributed by atoms with Crippen molar-refractivity contribution < 1.29 is 4.79 Å². The second-order valence-electron chi connectivity index (χ2n) is 6.16. The summed E-state index contributed by atoms with van der Waals surface area (Å²) < 4.78 is 1.04. The lowest BCUT2D eigenvalue weighted by Gasteiger charge is -2.03. The number of hydrazone groups is 1. The number of fused-ring (bicyclic) bond motifs is 1. The Morgan fingerprint density at radius 2 is 1.73 bits per heavy atom. The molecule has 3 atom stereocenters. The van der Waals surface area contributed by atoms with Crippen molar-refractivity contribution in [3.05, 3.63) is 46.5 Å². The van der Waals surface area contributed by atoms with Crippen LogP contribution in [0.3, 0.4) is 0 Å². The summed E-state index contributed by atoms with van der Waals surface area (Å²) in [6.45, 7) is 1.92. The third-order valence-electron chi connectivity index (χ3n) is 4.73. The van der Waals surface area contributed by atoms with Crippen molar-refractivity contribution in [2.24, 2.45) is 22.9 Å². The van der Waals surface area contributed by atoms with E-state index in [1.165, 1.54) is 0 Å². The molecule has 2 aliphatic rings. The van der Waals surface area contributed by atoms with Gasteiger partial charge in [-0.1, -0.05) is 40.2 Å². The molecule has 0 radical (unpaired) electrons. The molecule has 0 spiro atoms. The van der Waals surface area contributed by atoms with Crippen LogP contribution in [0.5, 0.6) is 0 Å². The first kappa shape index (κ1) is 15.5. The van der Waals surface area contributed by atoms with Crippen LogP contribution in [0.25, 0.3) is 0 Å². The fourth-order valence-electron chi connectivity index (χ4n) is 3.40. The number of carbonyl (C=O) groups excluding carboxylic acids is 1. The molecule has 1 N–H and O–H groups in total. The largest absolute Gasteiger partial charge is 0.273 e. The molecule has 0 heterocycles. The summed E-state index contributed by atoms with van der Waals surface area (Å²) in [4.78, 5) is 12.3. The van der Waals surface area contributed by atoms with Gasteiger partial charge in [-0.2, -0.15) is 5.10 Å². The number of rotatable bonds is 3. The van der Waals surface area contributed by atoms with Crippen LogP contribution < -0.4 is 5.43 Å². The zero-order chi connectivity index (χ0) is 15.5. The van der Waals surface area contributed by atoms with Crippen molar-refractivity contribution in [1.29, 1.82) is 0 Å². The van der Waals surface area contributed by atoms with Crippen molar-refractivity contribution >= 4 is 27.5 Å². The summed E-state index contributed by atoms with van der Waals surface area (Å²) in [5.41, 5.74) is 4.63. The SMILES string of the molecule is C/C(=N\NC(=O)C1[C@H]2CCC=CCC[C@@H]12)c1ccc(Br)cc1. The molecule has 3 rings (SSSR count). The third kappa shape index (κ3) is 3.49. The minimum Gasteiger partial charge on any atom is -0.273 e. The smallest absolute Gasteiger partial charge is 0.243 e. The first-order chi connectivity index (χ1) is 10.7. The zero-order valence-corrected chi connectivity index (χ0v) is 14.3. The summed E-state index contributed by atoms with van der Waals surface area (Å²) in [6, 6.07) is 7.94. The molecule has 0 aromatic heterocycles.